The van der Waals surface area contributed by atoms with E-state index >= 15 is 0 Å². The van der Waals surface area contributed by atoms with E-state index in [0.29, 0.717) is 24.9 Å². The number of carbonyl (C=O) groups excluding carboxylic acids is 3. The smallest absolute Gasteiger partial charge is 0.257 e. The average Bonchev–Trinajstić information content (AvgIpc) is 3.22. The summed E-state index contributed by atoms with van der Waals surface area (Å²) in [4.78, 5) is 39.6. The molecule has 6 nitrogen and oxygen atoms in total. The van der Waals surface area contributed by atoms with E-state index in [1.54, 1.807) is 24.3 Å². The molecule has 1 unspecified atom stereocenters. The SMILES string of the molecule is Cl.O=C(NC(=O)[C@@H]1CCCN1CC(=O)C1CCc2ccccc2O1)c1ccccc1. The maximum Gasteiger partial charge on any atom is 0.257 e. The highest BCUT2D eigenvalue weighted by Crippen LogP contribution is 2.28. The predicted molar refractivity (Wildman–Crippen MR) is 115 cm³/mol. The number of amides is 2. The summed E-state index contributed by atoms with van der Waals surface area (Å²) >= 11 is 0. The van der Waals surface area contributed by atoms with Crippen LogP contribution >= 0.6 is 12.4 Å². The van der Waals surface area contributed by atoms with Gasteiger partial charge in [0, 0.05) is 5.56 Å². The molecule has 0 radical (unpaired) electrons. The Kier molecular flexibility index (Phi) is 7.24. The number of para-hydroxylation sites is 1. The summed E-state index contributed by atoms with van der Waals surface area (Å²) in [5, 5.41) is 2.47. The van der Waals surface area contributed by atoms with Crippen LogP contribution in [0.3, 0.4) is 0 Å². The van der Waals surface area contributed by atoms with Crippen LogP contribution in [0.5, 0.6) is 5.75 Å². The number of hydrogen-bond donors (Lipinski definition) is 1. The molecule has 2 aliphatic rings. The number of carbonyl (C=O) groups is 3. The van der Waals surface area contributed by atoms with Crippen molar-refractivity contribution >= 4 is 30.0 Å². The molecule has 30 heavy (non-hydrogen) atoms. The number of nitrogens with one attached hydrogen (secondary N) is 1. The van der Waals surface area contributed by atoms with Crippen molar-refractivity contribution in [3.8, 4) is 5.75 Å². The Bertz CT molecular complexity index is 918. The van der Waals surface area contributed by atoms with Crippen molar-refractivity contribution in [3.05, 3.63) is 65.7 Å². The lowest BCUT2D eigenvalue weighted by atomic mass is 9.99. The monoisotopic (exact) mass is 428 g/mol. The third kappa shape index (κ3) is 4.89. The van der Waals surface area contributed by atoms with Gasteiger partial charge in [-0.25, -0.2) is 0 Å². The predicted octanol–water partition coefficient (Wildman–Crippen LogP) is 2.79. The topological polar surface area (TPSA) is 75.7 Å². The van der Waals surface area contributed by atoms with Crippen LogP contribution in [-0.4, -0.2) is 47.7 Å². The number of fused-ring (bicyclic) bond motifs is 1. The molecule has 2 heterocycles. The lowest BCUT2D eigenvalue weighted by Crippen LogP contribution is -2.48. The van der Waals surface area contributed by atoms with Crippen LogP contribution in [-0.2, 0) is 16.0 Å². The summed E-state index contributed by atoms with van der Waals surface area (Å²) in [6, 6.07) is 15.9. The molecule has 1 N–H and O–H groups in total. The van der Waals surface area contributed by atoms with Gasteiger partial charge < -0.3 is 4.74 Å². The van der Waals surface area contributed by atoms with Gasteiger partial charge in [-0.15, -0.1) is 12.4 Å². The van der Waals surface area contributed by atoms with Crippen molar-refractivity contribution in [2.75, 3.05) is 13.1 Å². The summed E-state index contributed by atoms with van der Waals surface area (Å²) in [5.74, 6) is -0.0186. The van der Waals surface area contributed by atoms with Crippen molar-refractivity contribution in [3.63, 3.8) is 0 Å². The third-order valence-electron chi connectivity index (χ3n) is 5.57. The van der Waals surface area contributed by atoms with Crippen LogP contribution in [0.4, 0.5) is 0 Å². The van der Waals surface area contributed by atoms with Gasteiger partial charge >= 0.3 is 0 Å². The number of imide groups is 1. The zero-order chi connectivity index (χ0) is 20.2. The quantitative estimate of drug-likeness (QED) is 0.741. The van der Waals surface area contributed by atoms with Gasteiger partial charge in [-0.05, 0) is 56.0 Å². The fourth-order valence-electron chi connectivity index (χ4n) is 4.02. The number of ether oxygens (including phenoxy) is 1. The number of nitrogens with zero attached hydrogens (tertiary/aromatic N) is 1. The van der Waals surface area contributed by atoms with Crippen molar-refractivity contribution < 1.29 is 19.1 Å². The number of hydrogen-bond acceptors (Lipinski definition) is 5. The average molecular weight is 429 g/mol. The lowest BCUT2D eigenvalue weighted by molar-refractivity contribution is -0.130. The van der Waals surface area contributed by atoms with Crippen LogP contribution in [0.15, 0.2) is 54.6 Å². The second kappa shape index (κ2) is 9.87. The van der Waals surface area contributed by atoms with Gasteiger partial charge in [0.05, 0.1) is 12.6 Å². The van der Waals surface area contributed by atoms with E-state index in [4.69, 9.17) is 4.74 Å². The molecule has 0 aliphatic carbocycles. The molecule has 2 aliphatic heterocycles. The van der Waals surface area contributed by atoms with E-state index in [1.165, 1.54) is 0 Å². The number of rotatable bonds is 5. The molecular formula is C23H25ClN2O4. The molecule has 0 aromatic heterocycles. The highest BCUT2D eigenvalue weighted by atomic mass is 35.5. The van der Waals surface area contributed by atoms with Gasteiger partial charge in [-0.1, -0.05) is 36.4 Å². The van der Waals surface area contributed by atoms with Crippen LogP contribution in [0, 0.1) is 0 Å². The molecule has 7 heteroatoms. The van der Waals surface area contributed by atoms with Gasteiger partial charge in [0.1, 0.15) is 5.75 Å². The van der Waals surface area contributed by atoms with Gasteiger partial charge in [-0.3, -0.25) is 24.6 Å². The van der Waals surface area contributed by atoms with E-state index in [1.807, 2.05) is 35.2 Å². The molecular weight excluding hydrogens is 404 g/mol. The van der Waals surface area contributed by atoms with E-state index in [0.717, 1.165) is 24.2 Å². The Hall–Kier alpha value is -2.70. The summed E-state index contributed by atoms with van der Waals surface area (Å²) in [7, 11) is 0. The first-order chi connectivity index (χ1) is 14.1. The molecule has 2 amide bonds. The molecule has 0 spiro atoms. The molecule has 2 aromatic carbocycles. The first-order valence-electron chi connectivity index (χ1n) is 10.0. The number of ketones is 1. The Morgan fingerprint density at radius 2 is 1.73 bits per heavy atom. The molecule has 2 atom stereocenters. The lowest BCUT2D eigenvalue weighted by Gasteiger charge is -2.28. The highest BCUT2D eigenvalue weighted by molar-refractivity contribution is 6.06. The molecule has 1 saturated heterocycles. The fraction of sp³-hybridized carbons (Fsp3) is 0.348. The van der Waals surface area contributed by atoms with Crippen molar-refractivity contribution in [2.45, 2.75) is 37.8 Å². The molecule has 2 aromatic rings. The maximum absolute atomic E-state index is 12.8. The van der Waals surface area contributed by atoms with E-state index < -0.39 is 18.1 Å². The largest absolute Gasteiger partial charge is 0.482 e. The number of halogens is 1. The second-order valence-corrected chi connectivity index (χ2v) is 7.53. The van der Waals surface area contributed by atoms with Crippen molar-refractivity contribution in [2.24, 2.45) is 0 Å². The van der Waals surface area contributed by atoms with Crippen molar-refractivity contribution in [1.82, 2.24) is 10.2 Å². The number of aryl methyl sites for hydroxylation is 1. The normalized spacial score (nSPS) is 20.4. The number of benzene rings is 2. The Morgan fingerprint density at radius 1 is 1.00 bits per heavy atom. The first kappa shape index (κ1) is 22.0. The summed E-state index contributed by atoms with van der Waals surface area (Å²) < 4.78 is 5.89. The van der Waals surface area contributed by atoms with Gasteiger partial charge in [0.25, 0.3) is 5.91 Å². The fourth-order valence-corrected chi connectivity index (χ4v) is 4.02. The van der Waals surface area contributed by atoms with Crippen LogP contribution in [0.25, 0.3) is 0 Å². The van der Waals surface area contributed by atoms with E-state index in [9.17, 15) is 14.4 Å². The van der Waals surface area contributed by atoms with Crippen LogP contribution in [0.2, 0.25) is 0 Å². The minimum absolute atomic E-state index is 0. The van der Waals surface area contributed by atoms with Gasteiger partial charge in [-0.2, -0.15) is 0 Å². The third-order valence-corrected chi connectivity index (χ3v) is 5.57. The van der Waals surface area contributed by atoms with Crippen LogP contribution < -0.4 is 10.1 Å². The highest BCUT2D eigenvalue weighted by Gasteiger charge is 2.35. The maximum atomic E-state index is 12.8. The zero-order valence-corrected chi connectivity index (χ0v) is 17.4. The van der Waals surface area contributed by atoms with Crippen LogP contribution in [0.1, 0.15) is 35.2 Å². The molecule has 4 rings (SSSR count). The Morgan fingerprint density at radius 3 is 2.53 bits per heavy atom. The number of Topliss-reactive ketones (excluding diaryl/α,β-unsaturated/α-hetero) is 1. The Labute approximate surface area is 182 Å². The second-order valence-electron chi connectivity index (χ2n) is 7.53. The first-order valence-corrected chi connectivity index (χ1v) is 10.0. The number of likely N-dealkylation sites (tertiary alicyclic amines) is 1. The summed E-state index contributed by atoms with van der Waals surface area (Å²) in [6.45, 7) is 0.817. The zero-order valence-electron chi connectivity index (χ0n) is 16.6. The standard InChI is InChI=1S/C23H24N2O4.ClH/c26-19(21-13-12-16-7-4-5-11-20(16)29-21)15-25-14-6-10-18(25)23(28)24-22(27)17-8-2-1-3-9-17;/h1-5,7-9,11,18,21H,6,10,12-15H2,(H,24,27,28);1H/t18-,21?;/m0./s1. The minimum Gasteiger partial charge on any atom is -0.482 e. The molecule has 0 bridgehead atoms. The van der Waals surface area contributed by atoms with Crippen molar-refractivity contribution in [1.29, 1.82) is 0 Å². The van der Waals surface area contributed by atoms with Gasteiger partial charge in [0.2, 0.25) is 5.91 Å². The summed E-state index contributed by atoms with van der Waals surface area (Å²) in [6.07, 6.45) is 2.42. The van der Waals surface area contributed by atoms with E-state index in [2.05, 4.69) is 5.32 Å². The minimum atomic E-state index is -0.486. The molecule has 0 saturated carbocycles. The molecule has 158 valence electrons. The molecule has 1 fully saturated rings. The van der Waals surface area contributed by atoms with E-state index in [-0.39, 0.29) is 30.6 Å². The Balaban J connectivity index is 0.00000256. The van der Waals surface area contributed by atoms with Gasteiger partial charge in [0.15, 0.2) is 11.9 Å². The summed E-state index contributed by atoms with van der Waals surface area (Å²) in [5.41, 5.74) is 1.56.